The van der Waals surface area contributed by atoms with E-state index in [4.69, 9.17) is 0 Å². The summed E-state index contributed by atoms with van der Waals surface area (Å²) in [5, 5.41) is 20.4. The number of alkyl halides is 3. The van der Waals surface area contributed by atoms with Gasteiger partial charge in [-0.1, -0.05) is 36.4 Å². The molecule has 0 radical (unpaired) electrons. The van der Waals surface area contributed by atoms with Crippen molar-refractivity contribution in [2.24, 2.45) is 5.92 Å². The van der Waals surface area contributed by atoms with Gasteiger partial charge in [0.25, 0.3) is 0 Å². The first-order valence-electron chi connectivity index (χ1n) is 9.89. The molecule has 150 valence electrons. The first kappa shape index (κ1) is 19.3. The molecule has 0 spiro atoms. The molecule has 3 atom stereocenters. The Morgan fingerprint density at radius 1 is 1.04 bits per heavy atom. The largest absolute Gasteiger partial charge is 0.508 e. The molecule has 0 aliphatic heterocycles. The van der Waals surface area contributed by atoms with Gasteiger partial charge in [0, 0.05) is 5.41 Å². The van der Waals surface area contributed by atoms with Crippen molar-refractivity contribution in [1.29, 1.82) is 0 Å². The van der Waals surface area contributed by atoms with Crippen molar-refractivity contribution in [3.8, 4) is 5.75 Å². The van der Waals surface area contributed by atoms with Crippen LogP contribution in [-0.4, -0.2) is 22.0 Å². The van der Waals surface area contributed by atoms with E-state index in [2.05, 4.69) is 0 Å². The molecule has 2 aromatic rings. The zero-order valence-corrected chi connectivity index (χ0v) is 15.7. The number of aliphatic hydroxyl groups is 1. The number of halogens is 3. The van der Waals surface area contributed by atoms with E-state index in [1.54, 1.807) is 12.1 Å². The van der Waals surface area contributed by atoms with E-state index in [0.29, 0.717) is 12.8 Å². The molecule has 0 saturated heterocycles. The van der Waals surface area contributed by atoms with Gasteiger partial charge in [-0.05, 0) is 79.7 Å². The molecule has 2 aliphatic rings. The van der Waals surface area contributed by atoms with Crippen LogP contribution in [0.25, 0.3) is 0 Å². The predicted octanol–water partition coefficient (Wildman–Crippen LogP) is 5.30. The number of rotatable bonds is 2. The molecular formula is C23H25F3O2. The summed E-state index contributed by atoms with van der Waals surface area (Å²) in [6.45, 7) is 0. The van der Waals surface area contributed by atoms with Crippen LogP contribution in [-0.2, 0) is 18.3 Å². The van der Waals surface area contributed by atoms with Gasteiger partial charge in [-0.25, -0.2) is 0 Å². The zero-order chi connectivity index (χ0) is 20.0. The number of phenolic OH excluding ortho intramolecular Hbond substituents is 1. The summed E-state index contributed by atoms with van der Waals surface area (Å²) in [5.41, 5.74) is 0.0834. The number of aromatic hydroxyl groups is 1. The highest BCUT2D eigenvalue weighted by Crippen LogP contribution is 2.56. The number of benzene rings is 2. The van der Waals surface area contributed by atoms with Gasteiger partial charge in [0.05, 0.1) is 0 Å². The van der Waals surface area contributed by atoms with Crippen molar-refractivity contribution in [1.82, 2.24) is 0 Å². The second-order valence-corrected chi connectivity index (χ2v) is 8.48. The van der Waals surface area contributed by atoms with Crippen molar-refractivity contribution in [2.45, 2.75) is 62.1 Å². The minimum absolute atomic E-state index is 0.190. The molecule has 0 bridgehead atoms. The second-order valence-electron chi connectivity index (χ2n) is 8.48. The fraction of sp³-hybridized carbons (Fsp3) is 0.478. The van der Waals surface area contributed by atoms with Gasteiger partial charge < -0.3 is 10.2 Å². The Balaban J connectivity index is 1.82. The van der Waals surface area contributed by atoms with Crippen molar-refractivity contribution >= 4 is 0 Å². The van der Waals surface area contributed by atoms with Crippen LogP contribution in [0, 0.1) is 5.92 Å². The SMILES string of the molecule is Oc1ccc2c(c1)CCC[C@@H]1C[C@@](O)(C(F)(F)F)CC[C@@]21Cc1ccccc1. The zero-order valence-electron chi connectivity index (χ0n) is 15.7. The maximum Gasteiger partial charge on any atom is 0.417 e. The van der Waals surface area contributed by atoms with Crippen molar-refractivity contribution in [3.63, 3.8) is 0 Å². The molecule has 2 N–H and O–H groups in total. The Labute approximate surface area is 163 Å². The molecule has 2 aromatic carbocycles. The summed E-state index contributed by atoms with van der Waals surface area (Å²) in [6.07, 6.45) is -2.11. The second kappa shape index (κ2) is 6.80. The lowest BCUT2D eigenvalue weighted by atomic mass is 9.56. The topological polar surface area (TPSA) is 40.5 Å². The molecule has 4 rings (SSSR count). The quantitative estimate of drug-likeness (QED) is 0.730. The highest BCUT2D eigenvalue weighted by Gasteiger charge is 2.60. The molecule has 1 fully saturated rings. The first-order chi connectivity index (χ1) is 13.2. The van der Waals surface area contributed by atoms with Gasteiger partial charge >= 0.3 is 6.18 Å². The third-order valence-electron chi connectivity index (χ3n) is 6.86. The number of aryl methyl sites for hydroxylation is 1. The lowest BCUT2D eigenvalue weighted by Gasteiger charge is -2.50. The van der Waals surface area contributed by atoms with Crippen LogP contribution in [0.3, 0.4) is 0 Å². The summed E-state index contributed by atoms with van der Waals surface area (Å²) in [6, 6.07) is 15.1. The Kier molecular flexibility index (Phi) is 4.69. The average Bonchev–Trinajstić information content (AvgIpc) is 2.78. The molecule has 0 aromatic heterocycles. The van der Waals surface area contributed by atoms with Crippen LogP contribution in [0.15, 0.2) is 48.5 Å². The number of hydrogen-bond donors (Lipinski definition) is 2. The van der Waals surface area contributed by atoms with Crippen molar-refractivity contribution < 1.29 is 23.4 Å². The number of phenols is 1. The predicted molar refractivity (Wildman–Crippen MR) is 101 cm³/mol. The van der Waals surface area contributed by atoms with E-state index in [1.165, 1.54) is 0 Å². The van der Waals surface area contributed by atoms with Crippen molar-refractivity contribution in [3.05, 3.63) is 65.2 Å². The van der Waals surface area contributed by atoms with Crippen LogP contribution < -0.4 is 0 Å². The van der Waals surface area contributed by atoms with E-state index in [9.17, 15) is 23.4 Å². The first-order valence-corrected chi connectivity index (χ1v) is 9.89. The summed E-state index contributed by atoms with van der Waals surface area (Å²) in [5.74, 6) is -0.0754. The molecule has 28 heavy (non-hydrogen) atoms. The Hall–Kier alpha value is -2.01. The molecule has 0 heterocycles. The Morgan fingerprint density at radius 3 is 2.50 bits per heavy atom. The van der Waals surface area contributed by atoms with E-state index in [0.717, 1.165) is 29.5 Å². The van der Waals surface area contributed by atoms with E-state index < -0.39 is 17.2 Å². The summed E-state index contributed by atoms with van der Waals surface area (Å²) in [4.78, 5) is 0. The minimum atomic E-state index is -4.62. The molecule has 5 heteroatoms. The average molecular weight is 390 g/mol. The number of fused-ring (bicyclic) bond motifs is 3. The Morgan fingerprint density at radius 2 is 1.79 bits per heavy atom. The minimum Gasteiger partial charge on any atom is -0.508 e. The third-order valence-corrected chi connectivity index (χ3v) is 6.86. The molecule has 0 amide bonds. The molecule has 2 nitrogen and oxygen atoms in total. The highest BCUT2D eigenvalue weighted by molar-refractivity contribution is 5.43. The Bertz CT molecular complexity index is 849. The lowest BCUT2D eigenvalue weighted by Crippen LogP contribution is -2.55. The highest BCUT2D eigenvalue weighted by atomic mass is 19.4. The summed E-state index contributed by atoms with van der Waals surface area (Å²) in [7, 11) is 0. The molecule has 0 unspecified atom stereocenters. The molecule has 1 saturated carbocycles. The normalized spacial score (nSPS) is 30.2. The fourth-order valence-electron chi connectivity index (χ4n) is 5.43. The van der Waals surface area contributed by atoms with Gasteiger partial charge in [-0.3, -0.25) is 0 Å². The van der Waals surface area contributed by atoms with Gasteiger partial charge in [0.1, 0.15) is 5.75 Å². The number of hydrogen-bond acceptors (Lipinski definition) is 2. The maximum atomic E-state index is 13.6. The van der Waals surface area contributed by atoms with Crippen LogP contribution in [0.4, 0.5) is 13.2 Å². The smallest absolute Gasteiger partial charge is 0.417 e. The van der Waals surface area contributed by atoms with Gasteiger partial charge in [0.15, 0.2) is 5.60 Å². The third kappa shape index (κ3) is 3.20. The van der Waals surface area contributed by atoms with Gasteiger partial charge in [-0.2, -0.15) is 13.2 Å². The van der Waals surface area contributed by atoms with Gasteiger partial charge in [-0.15, -0.1) is 0 Å². The maximum absolute atomic E-state index is 13.6. The monoisotopic (exact) mass is 390 g/mol. The lowest BCUT2D eigenvalue weighted by molar-refractivity contribution is -0.279. The van der Waals surface area contributed by atoms with Crippen molar-refractivity contribution in [2.75, 3.05) is 0 Å². The van der Waals surface area contributed by atoms with Crippen LogP contribution >= 0.6 is 0 Å². The molecule has 2 aliphatic carbocycles. The van der Waals surface area contributed by atoms with Crippen LogP contribution in [0.5, 0.6) is 5.75 Å². The van der Waals surface area contributed by atoms with Gasteiger partial charge in [0.2, 0.25) is 0 Å². The molecular weight excluding hydrogens is 365 g/mol. The van der Waals surface area contributed by atoms with Crippen LogP contribution in [0.2, 0.25) is 0 Å². The van der Waals surface area contributed by atoms with E-state index >= 15 is 0 Å². The van der Waals surface area contributed by atoms with E-state index in [-0.39, 0.29) is 30.9 Å². The fourth-order valence-corrected chi connectivity index (χ4v) is 5.43. The standard InChI is InChI=1S/C23H25F3O2/c24-23(25,26)22(28)12-11-21(14-16-5-2-1-3-6-16)18(15-22)8-4-7-17-13-19(27)9-10-20(17)21/h1-3,5-6,9-10,13,18,27-28H,4,7-8,11-12,14-15H2/t18-,21+,22-/m1/s1. The summed E-state index contributed by atoms with van der Waals surface area (Å²) >= 11 is 0. The summed E-state index contributed by atoms with van der Waals surface area (Å²) < 4.78 is 40.8. The van der Waals surface area contributed by atoms with Crippen LogP contribution in [0.1, 0.15) is 48.8 Å². The van der Waals surface area contributed by atoms with E-state index in [1.807, 2.05) is 36.4 Å².